The number of hydrogen-bond acceptors (Lipinski definition) is 3. The molecule has 0 amide bonds. The van der Waals surface area contributed by atoms with E-state index in [0.717, 1.165) is 33.7 Å². The van der Waals surface area contributed by atoms with E-state index in [4.69, 9.17) is 0 Å². The number of benzene rings is 1. The van der Waals surface area contributed by atoms with Crippen molar-refractivity contribution in [2.24, 2.45) is 7.05 Å². The molecule has 1 N–H and O–H groups in total. The number of aliphatic carboxylic acids is 1. The Morgan fingerprint density at radius 2 is 1.92 bits per heavy atom. The molecule has 1 aromatic carbocycles. The number of aryl methyl sites for hydroxylation is 3. The predicted octanol–water partition coefficient (Wildman–Crippen LogP) is 3.25. The number of carbonyl (C=O) groups is 1. The van der Waals surface area contributed by atoms with Crippen LogP contribution in [0.4, 0.5) is 0 Å². The first-order valence-electron chi connectivity index (χ1n) is 7.86. The van der Waals surface area contributed by atoms with E-state index in [0.29, 0.717) is 12.0 Å². The molecule has 0 unspecified atom stereocenters. The minimum Gasteiger partial charge on any atom is -0.478 e. The molecular formula is C18H20N4O2. The van der Waals surface area contributed by atoms with Crippen molar-refractivity contribution in [2.45, 2.75) is 27.2 Å². The van der Waals surface area contributed by atoms with Crippen LogP contribution in [0.15, 0.2) is 29.8 Å². The van der Waals surface area contributed by atoms with Crippen LogP contribution in [0.3, 0.4) is 0 Å². The molecule has 0 fully saturated rings. The zero-order valence-corrected chi connectivity index (χ0v) is 14.2. The zero-order chi connectivity index (χ0) is 17.4. The summed E-state index contributed by atoms with van der Waals surface area (Å²) < 4.78 is 3.58. The van der Waals surface area contributed by atoms with Crippen LogP contribution in [0.2, 0.25) is 0 Å². The van der Waals surface area contributed by atoms with Gasteiger partial charge in [-0.2, -0.15) is 10.2 Å². The lowest BCUT2D eigenvalue weighted by molar-refractivity contribution is -0.132. The van der Waals surface area contributed by atoms with E-state index in [2.05, 4.69) is 10.2 Å². The van der Waals surface area contributed by atoms with E-state index < -0.39 is 5.97 Å². The third-order valence-corrected chi connectivity index (χ3v) is 4.18. The second kappa shape index (κ2) is 5.96. The number of hydrogen-bond donors (Lipinski definition) is 1. The number of carboxylic acids is 1. The summed E-state index contributed by atoms with van der Waals surface area (Å²) >= 11 is 0. The molecule has 6 heteroatoms. The Hall–Kier alpha value is -2.89. The van der Waals surface area contributed by atoms with Gasteiger partial charge < -0.3 is 5.11 Å². The summed E-state index contributed by atoms with van der Waals surface area (Å²) in [4.78, 5) is 11.4. The minimum atomic E-state index is -0.909. The largest absolute Gasteiger partial charge is 0.478 e. The molecule has 0 aliphatic carbocycles. The SMILES string of the molecule is CCC(=Cc1c(C)nn(C)c1-n1nc(C)c2ccccc21)C(=O)O. The van der Waals surface area contributed by atoms with Gasteiger partial charge in [0.2, 0.25) is 0 Å². The molecule has 124 valence electrons. The first-order valence-corrected chi connectivity index (χ1v) is 7.86. The maximum absolute atomic E-state index is 11.4. The normalized spacial score (nSPS) is 12.1. The van der Waals surface area contributed by atoms with Crippen molar-refractivity contribution in [2.75, 3.05) is 0 Å². The van der Waals surface area contributed by atoms with Crippen molar-refractivity contribution in [3.05, 3.63) is 46.8 Å². The van der Waals surface area contributed by atoms with Gasteiger partial charge in [0.05, 0.1) is 16.9 Å². The average molecular weight is 324 g/mol. The smallest absolute Gasteiger partial charge is 0.331 e. The van der Waals surface area contributed by atoms with E-state index in [1.54, 1.807) is 10.8 Å². The molecule has 0 saturated carbocycles. The molecule has 3 aromatic rings. The fourth-order valence-corrected chi connectivity index (χ4v) is 2.96. The quantitative estimate of drug-likeness (QED) is 0.748. The number of fused-ring (bicyclic) bond motifs is 1. The molecule has 0 aliphatic rings. The summed E-state index contributed by atoms with van der Waals surface area (Å²) in [5.41, 5.74) is 3.80. The highest BCUT2D eigenvalue weighted by molar-refractivity contribution is 5.93. The van der Waals surface area contributed by atoms with Gasteiger partial charge in [-0.05, 0) is 32.4 Å². The molecule has 0 aliphatic heterocycles. The fourth-order valence-electron chi connectivity index (χ4n) is 2.96. The first kappa shape index (κ1) is 16.0. The van der Waals surface area contributed by atoms with Crippen molar-refractivity contribution in [3.8, 4) is 5.82 Å². The van der Waals surface area contributed by atoms with E-state index in [-0.39, 0.29) is 0 Å². The Labute approximate surface area is 140 Å². The van der Waals surface area contributed by atoms with Gasteiger partial charge in [-0.15, -0.1) is 0 Å². The van der Waals surface area contributed by atoms with Crippen molar-refractivity contribution < 1.29 is 9.90 Å². The number of carboxylic acid groups (broad SMARTS) is 1. The third kappa shape index (κ3) is 2.50. The minimum absolute atomic E-state index is 0.348. The van der Waals surface area contributed by atoms with Crippen LogP contribution in [0.25, 0.3) is 22.8 Å². The molecule has 2 heterocycles. The van der Waals surface area contributed by atoms with Crippen molar-refractivity contribution in [1.82, 2.24) is 19.6 Å². The Morgan fingerprint density at radius 1 is 1.21 bits per heavy atom. The number of para-hydroxylation sites is 1. The van der Waals surface area contributed by atoms with Gasteiger partial charge in [0.1, 0.15) is 0 Å². The number of nitrogens with zero attached hydrogens (tertiary/aromatic N) is 4. The van der Waals surface area contributed by atoms with Crippen LogP contribution in [-0.4, -0.2) is 30.6 Å². The topological polar surface area (TPSA) is 72.9 Å². The summed E-state index contributed by atoms with van der Waals surface area (Å²) in [6.45, 7) is 5.67. The van der Waals surface area contributed by atoms with Crippen molar-refractivity contribution >= 4 is 22.9 Å². The number of aromatic nitrogens is 4. The van der Waals surface area contributed by atoms with E-state index in [1.807, 2.05) is 56.8 Å². The van der Waals surface area contributed by atoms with Gasteiger partial charge in [0, 0.05) is 23.6 Å². The monoisotopic (exact) mass is 324 g/mol. The molecule has 3 rings (SSSR count). The molecule has 24 heavy (non-hydrogen) atoms. The predicted molar refractivity (Wildman–Crippen MR) is 93.2 cm³/mol. The second-order valence-electron chi connectivity index (χ2n) is 5.79. The molecule has 0 saturated heterocycles. The van der Waals surface area contributed by atoms with Crippen LogP contribution >= 0.6 is 0 Å². The van der Waals surface area contributed by atoms with E-state index in [1.165, 1.54) is 0 Å². The fraction of sp³-hybridized carbons (Fsp3) is 0.278. The first-order chi connectivity index (χ1) is 11.4. The van der Waals surface area contributed by atoms with Gasteiger partial charge in [0.25, 0.3) is 0 Å². The zero-order valence-electron chi connectivity index (χ0n) is 14.2. The van der Waals surface area contributed by atoms with Gasteiger partial charge in [-0.1, -0.05) is 25.1 Å². The average Bonchev–Trinajstić information content (AvgIpc) is 3.01. The van der Waals surface area contributed by atoms with Crippen LogP contribution in [-0.2, 0) is 11.8 Å². The molecule has 2 aromatic heterocycles. The van der Waals surface area contributed by atoms with Gasteiger partial charge >= 0.3 is 5.97 Å². The van der Waals surface area contributed by atoms with Crippen LogP contribution < -0.4 is 0 Å². The maximum Gasteiger partial charge on any atom is 0.331 e. The van der Waals surface area contributed by atoms with Crippen LogP contribution in [0.5, 0.6) is 0 Å². The van der Waals surface area contributed by atoms with Gasteiger partial charge in [-0.25, -0.2) is 9.48 Å². The summed E-state index contributed by atoms with van der Waals surface area (Å²) in [6.07, 6.45) is 2.15. The van der Waals surface area contributed by atoms with Crippen molar-refractivity contribution in [1.29, 1.82) is 0 Å². The Kier molecular flexibility index (Phi) is 3.97. The molecule has 6 nitrogen and oxygen atoms in total. The lowest BCUT2D eigenvalue weighted by atomic mass is 10.1. The molecular weight excluding hydrogens is 304 g/mol. The van der Waals surface area contributed by atoms with E-state index >= 15 is 0 Å². The summed E-state index contributed by atoms with van der Waals surface area (Å²) in [5.74, 6) is -0.141. The summed E-state index contributed by atoms with van der Waals surface area (Å²) in [7, 11) is 1.85. The van der Waals surface area contributed by atoms with Crippen molar-refractivity contribution in [3.63, 3.8) is 0 Å². The standard InChI is InChI=1S/C18H20N4O2/c1-5-13(18(23)24)10-15-12(3)19-21(4)17(15)22-16-9-7-6-8-14(16)11(2)20-22/h6-10H,5H2,1-4H3,(H,23,24). The lowest BCUT2D eigenvalue weighted by Crippen LogP contribution is -2.06. The molecule has 0 spiro atoms. The summed E-state index contributed by atoms with van der Waals surface area (Å²) in [6, 6.07) is 7.98. The Balaban J connectivity index is 2.31. The summed E-state index contributed by atoms with van der Waals surface area (Å²) in [5, 5.41) is 19.5. The highest BCUT2D eigenvalue weighted by Crippen LogP contribution is 2.26. The Bertz CT molecular complexity index is 963. The molecule has 0 atom stereocenters. The van der Waals surface area contributed by atoms with Gasteiger partial charge in [0.15, 0.2) is 5.82 Å². The second-order valence-corrected chi connectivity index (χ2v) is 5.79. The van der Waals surface area contributed by atoms with E-state index in [9.17, 15) is 9.90 Å². The van der Waals surface area contributed by atoms with Gasteiger partial charge in [-0.3, -0.25) is 4.68 Å². The maximum atomic E-state index is 11.4. The highest BCUT2D eigenvalue weighted by Gasteiger charge is 2.19. The third-order valence-electron chi connectivity index (χ3n) is 4.18. The lowest BCUT2D eigenvalue weighted by Gasteiger charge is -2.07. The van der Waals surface area contributed by atoms with Crippen LogP contribution in [0, 0.1) is 13.8 Å². The molecule has 0 bridgehead atoms. The van der Waals surface area contributed by atoms with Crippen LogP contribution in [0.1, 0.15) is 30.3 Å². The number of rotatable bonds is 4. The Morgan fingerprint density at radius 3 is 2.58 bits per heavy atom. The highest BCUT2D eigenvalue weighted by atomic mass is 16.4. The molecule has 0 radical (unpaired) electrons.